The van der Waals surface area contributed by atoms with E-state index in [0.717, 1.165) is 5.56 Å². The second kappa shape index (κ2) is 10.4. The second-order valence-corrected chi connectivity index (χ2v) is 9.85. The number of carbonyl (C=O) groups is 2. The molecule has 0 aliphatic rings. The second-order valence-electron chi connectivity index (χ2n) is 9.41. The third-order valence-corrected chi connectivity index (χ3v) is 6.05. The van der Waals surface area contributed by atoms with E-state index in [4.69, 9.17) is 11.6 Å². The number of hydrogen-bond acceptors (Lipinski definition) is 3. The van der Waals surface area contributed by atoms with Gasteiger partial charge in [0.25, 0.3) is 11.5 Å². The van der Waals surface area contributed by atoms with Crippen molar-refractivity contribution in [3.8, 4) is 5.69 Å². The molecule has 0 saturated heterocycles. The Hall–Kier alpha value is -3.12. The van der Waals surface area contributed by atoms with Gasteiger partial charge in [-0.1, -0.05) is 58.4 Å². The van der Waals surface area contributed by atoms with Gasteiger partial charge in [-0.25, -0.2) is 4.68 Å². The van der Waals surface area contributed by atoms with Crippen LogP contribution in [0.5, 0.6) is 0 Å². The van der Waals surface area contributed by atoms with Crippen molar-refractivity contribution in [2.24, 2.45) is 0 Å². The van der Waals surface area contributed by atoms with Crippen molar-refractivity contribution in [1.82, 2.24) is 14.7 Å². The molecule has 0 spiro atoms. The molecule has 0 aliphatic heterocycles. The van der Waals surface area contributed by atoms with Gasteiger partial charge in [0.1, 0.15) is 5.56 Å². The molecule has 180 valence electrons. The summed E-state index contributed by atoms with van der Waals surface area (Å²) in [6.07, 6.45) is 1.18. The number of aryl methyl sites for hydroxylation is 1. The van der Waals surface area contributed by atoms with Crippen molar-refractivity contribution in [3.05, 3.63) is 86.3 Å². The molecule has 3 aromatic rings. The third-order valence-electron chi connectivity index (χ3n) is 5.80. The highest BCUT2D eigenvalue weighted by molar-refractivity contribution is 6.30. The minimum atomic E-state index is -0.428. The minimum absolute atomic E-state index is 0.0184. The fourth-order valence-corrected chi connectivity index (χ4v) is 3.99. The largest absolute Gasteiger partial charge is 0.331 e. The predicted molar refractivity (Wildman–Crippen MR) is 136 cm³/mol. The Morgan fingerprint density at radius 1 is 1.00 bits per heavy atom. The average Bonchev–Trinajstić information content (AvgIpc) is 3.14. The van der Waals surface area contributed by atoms with Crippen molar-refractivity contribution >= 4 is 23.3 Å². The molecule has 2 aromatic carbocycles. The normalized spacial score (nSPS) is 11.5. The Morgan fingerprint density at radius 3 is 2.15 bits per heavy atom. The quantitative estimate of drug-likeness (QED) is 0.437. The molecule has 0 atom stereocenters. The first-order chi connectivity index (χ1) is 16.1. The Balaban J connectivity index is 1.89. The molecule has 1 N–H and O–H groups in total. The van der Waals surface area contributed by atoms with Crippen LogP contribution in [0.3, 0.4) is 0 Å². The van der Waals surface area contributed by atoms with Crippen LogP contribution in [0.1, 0.15) is 73.0 Å². The fourth-order valence-electron chi connectivity index (χ4n) is 3.87. The molecule has 1 aromatic heterocycles. The van der Waals surface area contributed by atoms with Crippen LogP contribution in [-0.4, -0.2) is 39.5 Å². The van der Waals surface area contributed by atoms with E-state index in [2.05, 4.69) is 25.9 Å². The van der Waals surface area contributed by atoms with Crippen LogP contribution in [0.25, 0.3) is 5.69 Å². The lowest BCUT2D eigenvalue weighted by Gasteiger charge is -2.23. The number of amides is 1. The lowest BCUT2D eigenvalue weighted by atomic mass is 9.86. The smallest absolute Gasteiger partial charge is 0.282 e. The summed E-state index contributed by atoms with van der Waals surface area (Å²) in [4.78, 5) is 41.2. The first-order valence-electron chi connectivity index (χ1n) is 11.6. The summed E-state index contributed by atoms with van der Waals surface area (Å²) in [6, 6.07) is 14.3. The Bertz CT molecular complexity index is 1220. The van der Waals surface area contributed by atoms with Crippen LogP contribution in [0.2, 0.25) is 5.02 Å². The number of halogens is 1. The van der Waals surface area contributed by atoms with Crippen LogP contribution >= 0.6 is 11.6 Å². The predicted octanol–water partition coefficient (Wildman–Crippen LogP) is 5.41. The van der Waals surface area contributed by atoms with Crippen LogP contribution < -0.4 is 5.56 Å². The summed E-state index contributed by atoms with van der Waals surface area (Å²) >= 11 is 5.96. The van der Waals surface area contributed by atoms with Gasteiger partial charge < -0.3 is 4.90 Å². The van der Waals surface area contributed by atoms with Gasteiger partial charge in [-0.3, -0.25) is 19.5 Å². The molecule has 0 radical (unpaired) electrons. The lowest BCUT2D eigenvalue weighted by Crippen LogP contribution is -2.38. The summed E-state index contributed by atoms with van der Waals surface area (Å²) in [7, 11) is 0. The molecule has 0 fully saturated rings. The van der Waals surface area contributed by atoms with Crippen molar-refractivity contribution in [2.45, 2.75) is 52.9 Å². The molecular formula is C27H32ClN3O3. The van der Waals surface area contributed by atoms with Crippen LogP contribution in [0.15, 0.2) is 53.3 Å². The zero-order chi connectivity index (χ0) is 25.0. The van der Waals surface area contributed by atoms with E-state index < -0.39 is 5.56 Å². The topological polar surface area (TPSA) is 75.2 Å². The van der Waals surface area contributed by atoms with Gasteiger partial charge in [-0.2, -0.15) is 0 Å². The molecular weight excluding hydrogens is 450 g/mol. The maximum atomic E-state index is 13.3. The Labute approximate surface area is 205 Å². The third kappa shape index (κ3) is 5.50. The van der Waals surface area contributed by atoms with Gasteiger partial charge in [0.15, 0.2) is 5.78 Å². The highest BCUT2D eigenvalue weighted by Gasteiger charge is 2.25. The number of H-pyrrole nitrogens is 1. The highest BCUT2D eigenvalue weighted by atomic mass is 35.5. The summed E-state index contributed by atoms with van der Waals surface area (Å²) in [5, 5.41) is 3.59. The van der Waals surface area contributed by atoms with E-state index in [0.29, 0.717) is 41.4 Å². The molecule has 6 nitrogen and oxygen atoms in total. The van der Waals surface area contributed by atoms with Crippen molar-refractivity contribution in [2.75, 3.05) is 13.1 Å². The molecule has 1 heterocycles. The molecule has 0 saturated carbocycles. The first-order valence-corrected chi connectivity index (χ1v) is 12.0. The molecule has 7 heteroatoms. The van der Waals surface area contributed by atoms with E-state index >= 15 is 0 Å². The van der Waals surface area contributed by atoms with Gasteiger partial charge in [0, 0.05) is 22.8 Å². The summed E-state index contributed by atoms with van der Waals surface area (Å²) in [6.45, 7) is 10.4. The lowest BCUT2D eigenvalue weighted by molar-refractivity contribution is 0.0709. The maximum absolute atomic E-state index is 13.3. The average molecular weight is 482 g/mol. The van der Waals surface area contributed by atoms with E-state index in [1.807, 2.05) is 26.0 Å². The van der Waals surface area contributed by atoms with Gasteiger partial charge >= 0.3 is 0 Å². The Kier molecular flexibility index (Phi) is 7.82. The number of ketones is 1. The van der Waals surface area contributed by atoms with Crippen LogP contribution in [0.4, 0.5) is 0 Å². The molecule has 1 amide bonds. The zero-order valence-electron chi connectivity index (χ0n) is 20.4. The number of nitrogens with zero attached hydrogens (tertiary/aromatic N) is 2. The fraction of sp³-hybridized carbons (Fsp3) is 0.370. The number of nitrogens with one attached hydrogen (secondary N) is 1. The molecule has 0 aliphatic carbocycles. The van der Waals surface area contributed by atoms with Gasteiger partial charge in [-0.05, 0) is 60.2 Å². The zero-order valence-corrected chi connectivity index (χ0v) is 21.2. The monoisotopic (exact) mass is 481 g/mol. The van der Waals surface area contributed by atoms with Crippen molar-refractivity contribution in [3.63, 3.8) is 0 Å². The van der Waals surface area contributed by atoms with E-state index in [9.17, 15) is 14.4 Å². The SMILES string of the molecule is CCCN(CC(=O)c1c(CC)[nH]n(-c2ccc(Cl)cc2)c1=O)C(=O)c1ccc(C(C)(C)C)cc1. The minimum Gasteiger partial charge on any atom is -0.331 e. The maximum Gasteiger partial charge on any atom is 0.282 e. The standard InChI is InChI=1S/C27H32ClN3O3/c1-6-16-30(25(33)18-8-10-19(11-9-18)27(3,4)5)17-23(32)24-22(7-2)29-31(26(24)34)21-14-12-20(28)13-15-21/h8-15,29H,6-7,16-17H2,1-5H3. The van der Waals surface area contributed by atoms with Crippen molar-refractivity contribution < 1.29 is 9.59 Å². The van der Waals surface area contributed by atoms with E-state index in [1.54, 1.807) is 36.4 Å². The van der Waals surface area contributed by atoms with Gasteiger partial charge in [-0.15, -0.1) is 0 Å². The van der Waals surface area contributed by atoms with E-state index in [1.165, 1.54) is 9.58 Å². The van der Waals surface area contributed by atoms with Crippen LogP contribution in [0, 0.1) is 0 Å². The van der Waals surface area contributed by atoms with Gasteiger partial charge in [0.2, 0.25) is 0 Å². The number of carbonyl (C=O) groups excluding carboxylic acids is 2. The first kappa shape index (κ1) is 25.5. The van der Waals surface area contributed by atoms with E-state index in [-0.39, 0.29) is 29.2 Å². The summed E-state index contributed by atoms with van der Waals surface area (Å²) in [5.41, 5.74) is 2.43. The number of Topliss-reactive ketones (excluding diaryl/α,β-unsaturated/α-hetero) is 1. The van der Waals surface area contributed by atoms with Gasteiger partial charge in [0.05, 0.1) is 12.2 Å². The van der Waals surface area contributed by atoms with Crippen LogP contribution in [-0.2, 0) is 11.8 Å². The number of benzene rings is 2. The van der Waals surface area contributed by atoms with Crippen molar-refractivity contribution in [1.29, 1.82) is 0 Å². The Morgan fingerprint density at radius 2 is 1.62 bits per heavy atom. The number of rotatable bonds is 8. The molecule has 34 heavy (non-hydrogen) atoms. The highest BCUT2D eigenvalue weighted by Crippen LogP contribution is 2.23. The number of aromatic nitrogens is 2. The summed E-state index contributed by atoms with van der Waals surface area (Å²) < 4.78 is 1.35. The molecule has 3 rings (SSSR count). The summed E-state index contributed by atoms with van der Waals surface area (Å²) in [5.74, 6) is -0.596. The number of aromatic amines is 1. The number of hydrogen-bond donors (Lipinski definition) is 1. The molecule has 0 bridgehead atoms. The molecule has 0 unspecified atom stereocenters.